The van der Waals surface area contributed by atoms with Crippen LogP contribution in [0.3, 0.4) is 0 Å². The normalized spacial score (nSPS) is 22.9. The molecule has 27 heavy (non-hydrogen) atoms. The quantitative estimate of drug-likeness (QED) is 0.666. The Labute approximate surface area is 161 Å². The summed E-state index contributed by atoms with van der Waals surface area (Å²) in [6, 6.07) is 28.1. The maximum atomic E-state index is 2.73. The van der Waals surface area contributed by atoms with Gasteiger partial charge in [-0.3, -0.25) is 4.90 Å². The van der Waals surface area contributed by atoms with Crippen molar-refractivity contribution in [2.24, 2.45) is 0 Å². The van der Waals surface area contributed by atoms with E-state index in [1.165, 1.54) is 28.8 Å². The SMILES string of the molecule is c1ccc(CN2CCN3c4ccccc4Cc4cccc5c4[C@H]3[C@@H]2C5)cc1. The summed E-state index contributed by atoms with van der Waals surface area (Å²) < 4.78 is 0. The largest absolute Gasteiger partial charge is 0.361 e. The molecule has 0 radical (unpaired) electrons. The van der Waals surface area contributed by atoms with Crippen molar-refractivity contribution in [1.82, 2.24) is 4.90 Å². The predicted molar refractivity (Wildman–Crippen MR) is 110 cm³/mol. The van der Waals surface area contributed by atoms with Crippen LogP contribution in [0, 0.1) is 0 Å². The summed E-state index contributed by atoms with van der Waals surface area (Å²) >= 11 is 0. The first-order chi connectivity index (χ1) is 13.4. The van der Waals surface area contributed by atoms with E-state index in [9.17, 15) is 0 Å². The molecule has 0 N–H and O–H groups in total. The third kappa shape index (κ3) is 2.36. The molecule has 1 aliphatic carbocycles. The van der Waals surface area contributed by atoms with Crippen molar-refractivity contribution in [3.05, 3.63) is 101 Å². The van der Waals surface area contributed by atoms with Crippen molar-refractivity contribution in [2.45, 2.75) is 31.5 Å². The van der Waals surface area contributed by atoms with E-state index in [1.807, 2.05) is 0 Å². The summed E-state index contributed by atoms with van der Waals surface area (Å²) in [4.78, 5) is 5.44. The summed E-state index contributed by atoms with van der Waals surface area (Å²) in [6.45, 7) is 3.30. The van der Waals surface area contributed by atoms with Crippen molar-refractivity contribution < 1.29 is 0 Å². The maximum absolute atomic E-state index is 2.73. The van der Waals surface area contributed by atoms with Gasteiger partial charge >= 0.3 is 0 Å². The molecular weight excluding hydrogens is 328 g/mol. The summed E-state index contributed by atoms with van der Waals surface area (Å²) in [5.41, 5.74) is 9.09. The van der Waals surface area contributed by atoms with Crippen molar-refractivity contribution in [3.63, 3.8) is 0 Å². The minimum Gasteiger partial charge on any atom is -0.361 e. The van der Waals surface area contributed by atoms with E-state index < -0.39 is 0 Å². The standard InChI is InChI=1S/C25H24N2/c1-2-7-18(8-3-1)17-26-13-14-27-22-12-5-4-9-19(22)15-20-10-6-11-21-16-23(26)25(27)24(20)21/h1-12,23,25H,13-17H2/t23-,25+/m0/s1. The lowest BCUT2D eigenvalue weighted by Gasteiger charge is -2.46. The van der Waals surface area contributed by atoms with Crippen LogP contribution in [0.25, 0.3) is 0 Å². The first-order valence-corrected chi connectivity index (χ1v) is 10.1. The van der Waals surface area contributed by atoms with Gasteiger partial charge in [0.1, 0.15) is 0 Å². The molecule has 2 atom stereocenters. The van der Waals surface area contributed by atoms with Gasteiger partial charge in [-0.25, -0.2) is 0 Å². The van der Waals surface area contributed by atoms with Crippen LogP contribution in [-0.2, 0) is 19.4 Å². The number of hydrogen-bond acceptors (Lipinski definition) is 2. The number of piperazine rings is 1. The highest BCUT2D eigenvalue weighted by molar-refractivity contribution is 5.63. The first kappa shape index (κ1) is 15.5. The van der Waals surface area contributed by atoms with E-state index >= 15 is 0 Å². The fraction of sp³-hybridized carbons (Fsp3) is 0.280. The second-order valence-electron chi connectivity index (χ2n) is 8.16. The van der Waals surface area contributed by atoms with Crippen LogP contribution < -0.4 is 4.90 Å². The molecule has 3 aromatic carbocycles. The number of hydrogen-bond donors (Lipinski definition) is 0. The molecule has 2 heteroatoms. The zero-order valence-corrected chi connectivity index (χ0v) is 15.5. The van der Waals surface area contributed by atoms with Crippen LogP contribution in [-0.4, -0.2) is 24.0 Å². The summed E-state index contributed by atoms with van der Waals surface area (Å²) in [6.07, 6.45) is 2.25. The predicted octanol–water partition coefficient (Wildman–Crippen LogP) is 4.58. The molecular formula is C25H24N2. The van der Waals surface area contributed by atoms with Gasteiger partial charge in [0, 0.05) is 31.4 Å². The molecule has 1 saturated heterocycles. The molecule has 0 spiro atoms. The van der Waals surface area contributed by atoms with Gasteiger partial charge in [-0.05, 0) is 46.7 Å². The molecule has 6 rings (SSSR count). The smallest absolute Gasteiger partial charge is 0.0707 e. The minimum absolute atomic E-state index is 0.498. The van der Waals surface area contributed by atoms with Gasteiger partial charge in [-0.2, -0.15) is 0 Å². The Balaban J connectivity index is 1.45. The molecule has 0 saturated carbocycles. The lowest BCUT2D eigenvalue weighted by Crippen LogP contribution is -2.53. The highest BCUT2D eigenvalue weighted by Gasteiger charge is 2.45. The van der Waals surface area contributed by atoms with E-state index in [-0.39, 0.29) is 0 Å². The fourth-order valence-electron chi connectivity index (χ4n) is 5.57. The topological polar surface area (TPSA) is 6.48 Å². The van der Waals surface area contributed by atoms with Crippen LogP contribution in [0.2, 0.25) is 0 Å². The number of anilines is 1. The molecule has 2 nitrogen and oxygen atoms in total. The Bertz CT molecular complexity index is 994. The van der Waals surface area contributed by atoms with Crippen LogP contribution in [0.4, 0.5) is 5.69 Å². The van der Waals surface area contributed by atoms with Crippen LogP contribution in [0.5, 0.6) is 0 Å². The van der Waals surface area contributed by atoms with Gasteiger partial charge in [0.05, 0.1) is 6.04 Å². The molecule has 0 unspecified atom stereocenters. The zero-order chi connectivity index (χ0) is 17.8. The van der Waals surface area contributed by atoms with Gasteiger partial charge in [-0.15, -0.1) is 0 Å². The first-order valence-electron chi connectivity index (χ1n) is 10.1. The molecule has 1 fully saturated rings. The average molecular weight is 352 g/mol. The number of nitrogens with zero attached hydrogens (tertiary/aromatic N) is 2. The van der Waals surface area contributed by atoms with E-state index in [1.54, 1.807) is 11.1 Å². The van der Waals surface area contributed by atoms with Gasteiger partial charge in [-0.1, -0.05) is 66.7 Å². The van der Waals surface area contributed by atoms with Crippen molar-refractivity contribution in [3.8, 4) is 0 Å². The van der Waals surface area contributed by atoms with Crippen LogP contribution in [0.1, 0.15) is 33.9 Å². The Morgan fingerprint density at radius 2 is 1.52 bits per heavy atom. The highest BCUT2D eigenvalue weighted by atomic mass is 15.3. The van der Waals surface area contributed by atoms with E-state index in [0.717, 1.165) is 26.1 Å². The average Bonchev–Trinajstić information content (AvgIpc) is 3.04. The molecule has 0 amide bonds. The Morgan fingerprint density at radius 1 is 0.741 bits per heavy atom. The van der Waals surface area contributed by atoms with Crippen LogP contribution in [0.15, 0.2) is 72.8 Å². The van der Waals surface area contributed by atoms with Gasteiger partial charge in [0.25, 0.3) is 0 Å². The molecule has 134 valence electrons. The van der Waals surface area contributed by atoms with Crippen LogP contribution >= 0.6 is 0 Å². The number of benzene rings is 3. The molecule has 3 aromatic rings. The third-order valence-corrected chi connectivity index (χ3v) is 6.72. The lowest BCUT2D eigenvalue weighted by atomic mass is 9.96. The second kappa shape index (κ2) is 5.97. The Kier molecular flexibility index (Phi) is 3.42. The van der Waals surface area contributed by atoms with E-state index in [0.29, 0.717) is 12.1 Å². The number of rotatable bonds is 2. The monoisotopic (exact) mass is 352 g/mol. The highest BCUT2D eigenvalue weighted by Crippen LogP contribution is 2.48. The van der Waals surface area contributed by atoms with E-state index in [4.69, 9.17) is 0 Å². The third-order valence-electron chi connectivity index (χ3n) is 6.72. The lowest BCUT2D eigenvalue weighted by molar-refractivity contribution is 0.141. The molecule has 3 aliphatic rings. The maximum Gasteiger partial charge on any atom is 0.0707 e. The second-order valence-corrected chi connectivity index (χ2v) is 8.16. The van der Waals surface area contributed by atoms with Crippen molar-refractivity contribution >= 4 is 5.69 Å². The summed E-state index contributed by atoms with van der Waals surface area (Å²) in [7, 11) is 0. The Hall–Kier alpha value is -2.58. The minimum atomic E-state index is 0.498. The van der Waals surface area contributed by atoms with Crippen molar-refractivity contribution in [1.29, 1.82) is 0 Å². The van der Waals surface area contributed by atoms with Crippen molar-refractivity contribution in [2.75, 3.05) is 18.0 Å². The molecule has 0 bridgehead atoms. The molecule has 2 heterocycles. The summed E-state index contributed by atoms with van der Waals surface area (Å²) in [5.74, 6) is 0. The van der Waals surface area contributed by atoms with Gasteiger partial charge < -0.3 is 4.90 Å². The Morgan fingerprint density at radius 3 is 2.44 bits per heavy atom. The molecule has 0 aromatic heterocycles. The van der Waals surface area contributed by atoms with E-state index in [2.05, 4.69) is 82.6 Å². The molecule has 2 aliphatic heterocycles. The number of para-hydroxylation sites is 1. The fourth-order valence-corrected chi connectivity index (χ4v) is 5.57. The van der Waals surface area contributed by atoms with Gasteiger partial charge in [0.2, 0.25) is 0 Å². The zero-order valence-electron chi connectivity index (χ0n) is 15.5. The van der Waals surface area contributed by atoms with Gasteiger partial charge in [0.15, 0.2) is 0 Å². The number of fused-ring (bicyclic) bond motifs is 2. The summed E-state index contributed by atoms with van der Waals surface area (Å²) in [5, 5.41) is 0.